The zero-order valence-corrected chi connectivity index (χ0v) is 21.2. The van der Waals surface area contributed by atoms with Crippen LogP contribution in [-0.4, -0.2) is 35.5 Å². The zero-order valence-electron chi connectivity index (χ0n) is 21.2. The van der Waals surface area contributed by atoms with E-state index in [9.17, 15) is 9.18 Å². The average molecular weight is 476 g/mol. The summed E-state index contributed by atoms with van der Waals surface area (Å²) in [5, 5.41) is 4.07. The highest BCUT2D eigenvalue weighted by atomic mass is 19.1. The predicted molar refractivity (Wildman–Crippen MR) is 143 cm³/mol. The molecule has 186 valence electrons. The van der Waals surface area contributed by atoms with Crippen molar-refractivity contribution >= 4 is 23.0 Å². The summed E-state index contributed by atoms with van der Waals surface area (Å²) in [4.78, 5) is 12.8. The first-order chi connectivity index (χ1) is 17.0. The van der Waals surface area contributed by atoms with E-state index in [1.807, 2.05) is 12.1 Å². The summed E-state index contributed by atoms with van der Waals surface area (Å²) in [5.74, 6) is 0.469. The monoisotopic (exact) mass is 475 g/mol. The second-order valence-corrected chi connectivity index (χ2v) is 10.0. The molecule has 4 rings (SSSR count). The van der Waals surface area contributed by atoms with Crippen LogP contribution < -0.4 is 5.32 Å². The molecule has 1 N–H and O–H groups in total. The van der Waals surface area contributed by atoms with E-state index in [1.165, 1.54) is 33.2 Å². The van der Waals surface area contributed by atoms with Crippen LogP contribution in [0, 0.1) is 18.7 Å². The number of benzene rings is 2. The molecule has 1 amide bonds. The summed E-state index contributed by atoms with van der Waals surface area (Å²) < 4.78 is 15.4. The van der Waals surface area contributed by atoms with Gasteiger partial charge >= 0.3 is 0 Å². The molecule has 0 saturated carbocycles. The van der Waals surface area contributed by atoms with Gasteiger partial charge in [0.1, 0.15) is 5.82 Å². The highest BCUT2D eigenvalue weighted by Crippen LogP contribution is 2.32. The molecule has 0 aliphatic carbocycles. The third-order valence-corrected chi connectivity index (χ3v) is 7.51. The van der Waals surface area contributed by atoms with Gasteiger partial charge in [0.05, 0.1) is 0 Å². The van der Waals surface area contributed by atoms with Crippen LogP contribution in [0.4, 0.5) is 4.39 Å². The van der Waals surface area contributed by atoms with Crippen molar-refractivity contribution in [2.24, 2.45) is 13.0 Å². The van der Waals surface area contributed by atoms with Crippen molar-refractivity contribution in [3.05, 3.63) is 77.2 Å². The maximum atomic E-state index is 13.2. The molecule has 35 heavy (non-hydrogen) atoms. The van der Waals surface area contributed by atoms with Gasteiger partial charge in [-0.05, 0) is 92.3 Å². The van der Waals surface area contributed by atoms with Crippen LogP contribution >= 0.6 is 0 Å². The van der Waals surface area contributed by atoms with Gasteiger partial charge in [0.15, 0.2) is 0 Å². The van der Waals surface area contributed by atoms with E-state index in [4.69, 9.17) is 0 Å². The van der Waals surface area contributed by atoms with Crippen LogP contribution in [0.1, 0.15) is 54.4 Å². The fourth-order valence-corrected chi connectivity index (χ4v) is 5.43. The molecular weight excluding hydrogens is 437 g/mol. The van der Waals surface area contributed by atoms with Crippen LogP contribution in [0.2, 0.25) is 0 Å². The molecule has 1 aromatic heterocycles. The van der Waals surface area contributed by atoms with Gasteiger partial charge in [0.25, 0.3) is 0 Å². The molecule has 1 fully saturated rings. The number of likely N-dealkylation sites (tertiary alicyclic amines) is 1. The fraction of sp³-hybridized carbons (Fsp3) is 0.433. The second kappa shape index (κ2) is 11.6. The fourth-order valence-electron chi connectivity index (χ4n) is 5.43. The van der Waals surface area contributed by atoms with Crippen LogP contribution in [0.3, 0.4) is 0 Å². The second-order valence-electron chi connectivity index (χ2n) is 10.0. The zero-order chi connectivity index (χ0) is 24.8. The van der Waals surface area contributed by atoms with Gasteiger partial charge in [-0.15, -0.1) is 0 Å². The lowest BCUT2D eigenvalue weighted by molar-refractivity contribution is -0.109. The Bertz CT molecular complexity index is 1160. The molecule has 5 heteroatoms. The maximum Gasteiger partial charge on any atom is 0.207 e. The number of piperidine rings is 1. The number of hydrogen-bond acceptors (Lipinski definition) is 2. The van der Waals surface area contributed by atoms with Gasteiger partial charge in [-0.2, -0.15) is 0 Å². The number of aromatic nitrogens is 1. The maximum absolute atomic E-state index is 13.2. The Morgan fingerprint density at radius 2 is 1.89 bits per heavy atom. The standard InChI is InChI=1S/C30H38FN3O/c1-22-17-30-29(26(20-33(30)3)7-5-4-6-14-32-21-35)19-28(22)23(2)34-15-12-25(13-16-34)18-24-8-10-27(31)11-9-24/h8-11,17,19-21,25H,2,4-7,12-16,18H2,1,3H3,(H,32,35). The Balaban J connectivity index is 1.40. The normalized spacial score (nSPS) is 14.4. The van der Waals surface area contributed by atoms with Crippen molar-refractivity contribution in [3.8, 4) is 0 Å². The topological polar surface area (TPSA) is 37.3 Å². The molecule has 0 radical (unpaired) electrons. The van der Waals surface area contributed by atoms with E-state index >= 15 is 0 Å². The summed E-state index contributed by atoms with van der Waals surface area (Å²) >= 11 is 0. The molecule has 2 aromatic carbocycles. The molecule has 2 heterocycles. The van der Waals surface area contributed by atoms with E-state index in [0.29, 0.717) is 5.92 Å². The number of carbonyl (C=O) groups excluding carboxylic acids is 1. The SMILES string of the molecule is C=C(c1cc2c(CCCCCNC=O)cn(C)c2cc1C)N1CCC(Cc2ccc(F)cc2)CC1. The number of aryl methyl sites for hydroxylation is 3. The Morgan fingerprint density at radius 1 is 1.14 bits per heavy atom. The van der Waals surface area contributed by atoms with E-state index < -0.39 is 0 Å². The van der Waals surface area contributed by atoms with Crippen LogP contribution in [0.15, 0.2) is 49.2 Å². The van der Waals surface area contributed by atoms with E-state index in [2.05, 4.69) is 53.7 Å². The number of hydrogen-bond donors (Lipinski definition) is 1. The Labute approximate surface area is 208 Å². The molecule has 1 saturated heterocycles. The number of fused-ring (bicyclic) bond motifs is 1. The Kier molecular flexibility index (Phi) is 8.27. The molecule has 0 atom stereocenters. The summed E-state index contributed by atoms with van der Waals surface area (Å²) in [6.45, 7) is 9.48. The molecule has 1 aliphatic rings. The van der Waals surface area contributed by atoms with Crippen molar-refractivity contribution in [1.29, 1.82) is 0 Å². The Hall–Kier alpha value is -3.08. The first kappa shape index (κ1) is 25.0. The molecule has 4 nitrogen and oxygen atoms in total. The summed E-state index contributed by atoms with van der Waals surface area (Å²) in [6.07, 6.45) is 10.6. The lowest BCUT2D eigenvalue weighted by atomic mass is 9.89. The number of unbranched alkanes of at least 4 members (excludes halogenated alkanes) is 2. The Morgan fingerprint density at radius 3 is 2.60 bits per heavy atom. The first-order valence-corrected chi connectivity index (χ1v) is 12.9. The number of amides is 1. The molecule has 1 aliphatic heterocycles. The molecular formula is C30H38FN3O. The number of rotatable bonds is 11. The van der Waals surface area contributed by atoms with Crippen LogP contribution in [0.5, 0.6) is 0 Å². The van der Waals surface area contributed by atoms with Crippen LogP contribution in [-0.2, 0) is 24.7 Å². The van der Waals surface area contributed by atoms with E-state index in [-0.39, 0.29) is 5.82 Å². The van der Waals surface area contributed by atoms with Gasteiger partial charge < -0.3 is 14.8 Å². The number of nitrogens with zero attached hydrogens (tertiary/aromatic N) is 2. The minimum atomic E-state index is -0.166. The highest BCUT2D eigenvalue weighted by Gasteiger charge is 2.22. The molecule has 0 spiro atoms. The number of halogens is 1. The van der Waals surface area contributed by atoms with E-state index in [0.717, 1.165) is 76.7 Å². The predicted octanol–water partition coefficient (Wildman–Crippen LogP) is 6.01. The quantitative estimate of drug-likeness (QED) is 0.272. The first-order valence-electron chi connectivity index (χ1n) is 12.9. The number of carbonyl (C=O) groups is 1. The van der Waals surface area contributed by atoms with Gasteiger partial charge in [-0.1, -0.05) is 25.1 Å². The van der Waals surface area contributed by atoms with Gasteiger partial charge in [0, 0.05) is 55.0 Å². The minimum absolute atomic E-state index is 0.166. The minimum Gasteiger partial charge on any atom is -0.372 e. The summed E-state index contributed by atoms with van der Waals surface area (Å²) in [7, 11) is 2.12. The highest BCUT2D eigenvalue weighted by molar-refractivity contribution is 5.88. The average Bonchev–Trinajstić information content (AvgIpc) is 3.16. The molecule has 0 unspecified atom stereocenters. The van der Waals surface area contributed by atoms with Gasteiger partial charge in [-0.3, -0.25) is 4.79 Å². The third-order valence-electron chi connectivity index (χ3n) is 7.51. The third kappa shape index (κ3) is 6.14. The summed E-state index contributed by atoms with van der Waals surface area (Å²) in [6, 6.07) is 11.6. The van der Waals surface area contributed by atoms with Gasteiger partial charge in [-0.25, -0.2) is 4.39 Å². The molecule has 3 aromatic rings. The number of nitrogens with one attached hydrogen (secondary N) is 1. The van der Waals surface area contributed by atoms with Crippen LogP contribution in [0.25, 0.3) is 16.6 Å². The van der Waals surface area contributed by atoms with Crippen molar-refractivity contribution in [2.75, 3.05) is 19.6 Å². The lowest BCUT2D eigenvalue weighted by Crippen LogP contribution is -2.33. The van der Waals surface area contributed by atoms with Crippen molar-refractivity contribution in [2.45, 2.75) is 51.9 Å². The van der Waals surface area contributed by atoms with Crippen molar-refractivity contribution < 1.29 is 9.18 Å². The summed E-state index contributed by atoms with van der Waals surface area (Å²) in [5.41, 5.74) is 7.52. The van der Waals surface area contributed by atoms with Gasteiger partial charge in [0.2, 0.25) is 6.41 Å². The van der Waals surface area contributed by atoms with Crippen molar-refractivity contribution in [3.63, 3.8) is 0 Å². The molecule has 0 bridgehead atoms. The smallest absolute Gasteiger partial charge is 0.207 e. The van der Waals surface area contributed by atoms with Crippen molar-refractivity contribution in [1.82, 2.24) is 14.8 Å². The lowest BCUT2D eigenvalue weighted by Gasteiger charge is -2.35. The van der Waals surface area contributed by atoms with E-state index in [1.54, 1.807) is 12.1 Å². The largest absolute Gasteiger partial charge is 0.372 e.